The lowest BCUT2D eigenvalue weighted by Gasteiger charge is -2.27. The minimum Gasteiger partial charge on any atom is -0.497 e. The number of pyridine rings is 1. The number of piperidine rings is 1. The van der Waals surface area contributed by atoms with Crippen molar-refractivity contribution in [1.82, 2.24) is 9.88 Å². The van der Waals surface area contributed by atoms with E-state index in [1.54, 1.807) is 7.11 Å². The standard InChI is InChI=1S/C17H23N3O/c1-18-17-14(12-20-8-4-3-5-9-20)10-13-6-7-15(21-2)11-16(13)19-17/h6-7,10-11H,3-5,8-9,12H2,1-2H3,(H,18,19). The quantitative estimate of drug-likeness (QED) is 0.935. The van der Waals surface area contributed by atoms with Crippen LogP contribution in [0.15, 0.2) is 24.3 Å². The van der Waals surface area contributed by atoms with E-state index in [0.717, 1.165) is 23.6 Å². The lowest BCUT2D eigenvalue weighted by Crippen LogP contribution is -2.29. The van der Waals surface area contributed by atoms with E-state index in [9.17, 15) is 0 Å². The van der Waals surface area contributed by atoms with Crippen molar-refractivity contribution >= 4 is 16.7 Å². The van der Waals surface area contributed by atoms with E-state index in [-0.39, 0.29) is 0 Å². The van der Waals surface area contributed by atoms with Gasteiger partial charge in [0, 0.05) is 30.6 Å². The maximum atomic E-state index is 5.28. The fraction of sp³-hybridized carbons (Fsp3) is 0.471. The number of methoxy groups -OCH3 is 1. The first-order valence-electron chi connectivity index (χ1n) is 7.68. The van der Waals surface area contributed by atoms with E-state index >= 15 is 0 Å². The van der Waals surface area contributed by atoms with Crippen LogP contribution in [-0.4, -0.2) is 37.1 Å². The van der Waals surface area contributed by atoms with Crippen molar-refractivity contribution in [2.45, 2.75) is 25.8 Å². The van der Waals surface area contributed by atoms with E-state index in [1.165, 1.54) is 43.3 Å². The summed E-state index contributed by atoms with van der Waals surface area (Å²) in [6.07, 6.45) is 3.99. The third-order valence-corrected chi connectivity index (χ3v) is 4.18. The molecule has 21 heavy (non-hydrogen) atoms. The molecule has 4 nitrogen and oxygen atoms in total. The molecule has 4 heteroatoms. The first-order valence-corrected chi connectivity index (χ1v) is 7.68. The van der Waals surface area contributed by atoms with Crippen LogP contribution in [0.25, 0.3) is 10.9 Å². The fourth-order valence-electron chi connectivity index (χ4n) is 3.01. The van der Waals surface area contributed by atoms with Crippen molar-refractivity contribution in [1.29, 1.82) is 0 Å². The van der Waals surface area contributed by atoms with Crippen molar-refractivity contribution in [3.05, 3.63) is 29.8 Å². The summed E-state index contributed by atoms with van der Waals surface area (Å²) in [6, 6.07) is 8.32. The number of benzene rings is 1. The molecule has 112 valence electrons. The molecular formula is C17H23N3O. The van der Waals surface area contributed by atoms with Crippen molar-refractivity contribution in [3.8, 4) is 5.75 Å². The summed E-state index contributed by atoms with van der Waals surface area (Å²) in [7, 11) is 3.62. The third-order valence-electron chi connectivity index (χ3n) is 4.18. The molecule has 0 amide bonds. The van der Waals surface area contributed by atoms with Crippen LogP contribution >= 0.6 is 0 Å². The van der Waals surface area contributed by atoms with Crippen molar-refractivity contribution in [2.24, 2.45) is 0 Å². The minimum absolute atomic E-state index is 0.848. The molecule has 0 bridgehead atoms. The van der Waals surface area contributed by atoms with Crippen LogP contribution in [0.3, 0.4) is 0 Å². The molecule has 0 saturated carbocycles. The van der Waals surface area contributed by atoms with Crippen LogP contribution in [0.5, 0.6) is 5.75 Å². The minimum atomic E-state index is 0.848. The average Bonchev–Trinajstić information content (AvgIpc) is 2.54. The molecule has 1 aliphatic heterocycles. The van der Waals surface area contributed by atoms with E-state index in [2.05, 4.69) is 22.3 Å². The highest BCUT2D eigenvalue weighted by atomic mass is 16.5. The van der Waals surface area contributed by atoms with Gasteiger partial charge in [-0.2, -0.15) is 0 Å². The van der Waals surface area contributed by atoms with Crippen molar-refractivity contribution in [3.63, 3.8) is 0 Å². The smallest absolute Gasteiger partial charge is 0.130 e. The second-order valence-electron chi connectivity index (χ2n) is 5.64. The Hall–Kier alpha value is -1.81. The summed E-state index contributed by atoms with van der Waals surface area (Å²) in [5.41, 5.74) is 2.25. The van der Waals surface area contributed by atoms with Gasteiger partial charge in [0.15, 0.2) is 0 Å². The maximum Gasteiger partial charge on any atom is 0.130 e. The Morgan fingerprint density at radius 2 is 2.00 bits per heavy atom. The number of nitrogens with one attached hydrogen (secondary N) is 1. The van der Waals surface area contributed by atoms with Gasteiger partial charge in [-0.1, -0.05) is 6.42 Å². The molecule has 0 radical (unpaired) electrons. The maximum absolute atomic E-state index is 5.28. The number of likely N-dealkylation sites (tertiary alicyclic amines) is 1. The van der Waals surface area contributed by atoms with Crippen LogP contribution in [0.2, 0.25) is 0 Å². The molecule has 0 atom stereocenters. The third kappa shape index (κ3) is 3.10. The van der Waals surface area contributed by atoms with Gasteiger partial charge in [-0.3, -0.25) is 4.90 Å². The largest absolute Gasteiger partial charge is 0.497 e. The van der Waals surface area contributed by atoms with Gasteiger partial charge in [0.05, 0.1) is 12.6 Å². The Balaban J connectivity index is 1.93. The van der Waals surface area contributed by atoms with Crippen LogP contribution in [0, 0.1) is 0 Å². The zero-order valence-electron chi connectivity index (χ0n) is 12.9. The van der Waals surface area contributed by atoms with Gasteiger partial charge >= 0.3 is 0 Å². The number of nitrogens with zero attached hydrogens (tertiary/aromatic N) is 2. The first-order chi connectivity index (χ1) is 10.3. The molecule has 1 aliphatic rings. The summed E-state index contributed by atoms with van der Waals surface area (Å²) in [4.78, 5) is 7.27. The summed E-state index contributed by atoms with van der Waals surface area (Å²) in [6.45, 7) is 3.37. The normalized spacial score (nSPS) is 16.1. The molecular weight excluding hydrogens is 262 g/mol. The van der Waals surface area contributed by atoms with Gasteiger partial charge in [0.25, 0.3) is 0 Å². The van der Waals surface area contributed by atoms with Crippen LogP contribution < -0.4 is 10.1 Å². The van der Waals surface area contributed by atoms with E-state index in [1.807, 2.05) is 19.2 Å². The number of ether oxygens (including phenoxy) is 1. The first kappa shape index (κ1) is 14.1. The van der Waals surface area contributed by atoms with Gasteiger partial charge in [-0.05, 0) is 44.1 Å². The van der Waals surface area contributed by atoms with Crippen molar-refractivity contribution in [2.75, 3.05) is 32.6 Å². The van der Waals surface area contributed by atoms with Gasteiger partial charge in [0.1, 0.15) is 11.6 Å². The molecule has 1 N–H and O–H groups in total. The summed E-state index contributed by atoms with van der Waals surface area (Å²) in [5, 5.41) is 4.40. The summed E-state index contributed by atoms with van der Waals surface area (Å²) in [5.74, 6) is 1.82. The molecule has 3 rings (SSSR count). The molecule has 2 heterocycles. The van der Waals surface area contributed by atoms with Gasteiger partial charge in [-0.25, -0.2) is 4.98 Å². The number of aromatic nitrogens is 1. The zero-order valence-corrected chi connectivity index (χ0v) is 12.9. The lowest BCUT2D eigenvalue weighted by molar-refractivity contribution is 0.221. The SMILES string of the molecule is CNc1nc2cc(OC)ccc2cc1CN1CCCCC1. The zero-order chi connectivity index (χ0) is 14.7. The van der Waals surface area contributed by atoms with Gasteiger partial charge in [-0.15, -0.1) is 0 Å². The van der Waals surface area contributed by atoms with Gasteiger partial charge in [0.2, 0.25) is 0 Å². The van der Waals surface area contributed by atoms with Gasteiger partial charge < -0.3 is 10.1 Å². The second kappa shape index (κ2) is 6.31. The lowest BCUT2D eigenvalue weighted by atomic mass is 10.1. The monoisotopic (exact) mass is 285 g/mol. The Morgan fingerprint density at radius 1 is 1.19 bits per heavy atom. The average molecular weight is 285 g/mol. The predicted octanol–water partition coefficient (Wildman–Crippen LogP) is 3.27. The Bertz CT molecular complexity index is 621. The number of hydrogen-bond acceptors (Lipinski definition) is 4. The molecule has 1 aromatic heterocycles. The van der Waals surface area contributed by atoms with Crippen molar-refractivity contribution < 1.29 is 4.74 Å². The summed E-state index contributed by atoms with van der Waals surface area (Å²) >= 11 is 0. The molecule has 0 aliphatic carbocycles. The second-order valence-corrected chi connectivity index (χ2v) is 5.64. The Morgan fingerprint density at radius 3 is 2.71 bits per heavy atom. The van der Waals surface area contributed by atoms with Crippen LogP contribution in [-0.2, 0) is 6.54 Å². The van der Waals surface area contributed by atoms with Crippen LogP contribution in [0.1, 0.15) is 24.8 Å². The number of hydrogen-bond donors (Lipinski definition) is 1. The molecule has 2 aromatic rings. The molecule has 1 fully saturated rings. The van der Waals surface area contributed by atoms with Crippen LogP contribution in [0.4, 0.5) is 5.82 Å². The summed E-state index contributed by atoms with van der Waals surface area (Å²) < 4.78 is 5.28. The predicted molar refractivity (Wildman–Crippen MR) is 87.0 cm³/mol. The Kier molecular flexibility index (Phi) is 4.25. The van der Waals surface area contributed by atoms with E-state index < -0.39 is 0 Å². The number of anilines is 1. The number of fused-ring (bicyclic) bond motifs is 1. The number of rotatable bonds is 4. The highest BCUT2D eigenvalue weighted by Gasteiger charge is 2.14. The molecule has 1 saturated heterocycles. The molecule has 1 aromatic carbocycles. The van der Waals surface area contributed by atoms with E-state index in [0.29, 0.717) is 0 Å². The highest BCUT2D eigenvalue weighted by molar-refractivity contribution is 5.83. The Labute approximate surface area is 126 Å². The topological polar surface area (TPSA) is 37.4 Å². The fourth-order valence-corrected chi connectivity index (χ4v) is 3.01. The van der Waals surface area contributed by atoms with E-state index in [4.69, 9.17) is 9.72 Å². The molecule has 0 spiro atoms. The molecule has 0 unspecified atom stereocenters. The highest BCUT2D eigenvalue weighted by Crippen LogP contribution is 2.25.